The molecule has 0 spiro atoms. The van der Waals surface area contributed by atoms with E-state index in [4.69, 9.17) is 26.9 Å². The van der Waals surface area contributed by atoms with Gasteiger partial charge in [-0.1, -0.05) is 11.6 Å². The molecule has 0 bridgehead atoms. The number of hydrogen-bond acceptors (Lipinski definition) is 5. The molecule has 0 radical (unpaired) electrons. The fourth-order valence-corrected chi connectivity index (χ4v) is 4.55. The number of furan rings is 1. The summed E-state index contributed by atoms with van der Waals surface area (Å²) in [4.78, 5) is 14.2. The van der Waals surface area contributed by atoms with Gasteiger partial charge in [0.15, 0.2) is 0 Å². The molecule has 0 fully saturated rings. The van der Waals surface area contributed by atoms with Gasteiger partial charge in [-0.15, -0.1) is 0 Å². The standard InChI is InChI=1S/C16H18ClN3O4S/c1-2-20-15(21)11-6-14(25(19,22)23)13(17)7-12(11)16(20,9-18)8-10-4-3-5-24-10/h3-7H,2,8-9,18H2,1H3,(H2,19,22,23). The fraction of sp³-hybridized carbons (Fsp3) is 0.312. The first-order chi connectivity index (χ1) is 11.7. The number of carbonyl (C=O) groups is 1. The normalized spacial score (nSPS) is 20.2. The lowest BCUT2D eigenvalue weighted by atomic mass is 9.85. The van der Waals surface area contributed by atoms with Gasteiger partial charge in [-0.3, -0.25) is 4.79 Å². The molecule has 3 rings (SSSR count). The number of rotatable bonds is 5. The maximum Gasteiger partial charge on any atom is 0.255 e. The molecule has 0 aliphatic carbocycles. The molecular formula is C16H18ClN3O4S. The van der Waals surface area contributed by atoms with E-state index in [0.717, 1.165) is 0 Å². The number of hydrogen-bond donors (Lipinski definition) is 2. The number of sulfonamides is 1. The first-order valence-corrected chi connectivity index (χ1v) is 9.58. The molecule has 1 unspecified atom stereocenters. The lowest BCUT2D eigenvalue weighted by Gasteiger charge is -2.37. The van der Waals surface area contributed by atoms with E-state index < -0.39 is 15.6 Å². The second-order valence-electron chi connectivity index (χ2n) is 5.91. The molecule has 1 aliphatic heterocycles. The van der Waals surface area contributed by atoms with Crippen molar-refractivity contribution in [1.82, 2.24) is 4.90 Å². The highest BCUT2D eigenvalue weighted by Crippen LogP contribution is 2.43. The molecule has 1 atom stereocenters. The molecule has 25 heavy (non-hydrogen) atoms. The monoisotopic (exact) mass is 383 g/mol. The van der Waals surface area contributed by atoms with Crippen molar-refractivity contribution in [1.29, 1.82) is 0 Å². The van der Waals surface area contributed by atoms with Gasteiger partial charge in [-0.25, -0.2) is 13.6 Å². The summed E-state index contributed by atoms with van der Waals surface area (Å²) in [7, 11) is -4.05. The molecule has 1 aliphatic rings. The fourth-order valence-electron chi connectivity index (χ4n) is 3.45. The highest BCUT2D eigenvalue weighted by Gasteiger charge is 2.49. The molecule has 0 saturated heterocycles. The van der Waals surface area contributed by atoms with E-state index in [1.807, 2.05) is 6.92 Å². The van der Waals surface area contributed by atoms with E-state index in [0.29, 0.717) is 24.3 Å². The van der Waals surface area contributed by atoms with Crippen LogP contribution in [0.2, 0.25) is 5.02 Å². The van der Waals surface area contributed by atoms with E-state index in [1.54, 1.807) is 23.3 Å². The van der Waals surface area contributed by atoms with E-state index in [2.05, 4.69) is 0 Å². The number of amides is 1. The predicted octanol–water partition coefficient (Wildman–Crippen LogP) is 1.45. The molecule has 0 saturated carbocycles. The first-order valence-electron chi connectivity index (χ1n) is 7.66. The Hall–Kier alpha value is -1.87. The van der Waals surface area contributed by atoms with Crippen LogP contribution in [0.4, 0.5) is 0 Å². The van der Waals surface area contributed by atoms with Crippen LogP contribution < -0.4 is 10.9 Å². The van der Waals surface area contributed by atoms with Crippen molar-refractivity contribution in [2.75, 3.05) is 13.1 Å². The van der Waals surface area contributed by atoms with Crippen LogP contribution >= 0.6 is 11.6 Å². The van der Waals surface area contributed by atoms with Crippen LogP contribution in [0.3, 0.4) is 0 Å². The molecule has 4 N–H and O–H groups in total. The Balaban J connectivity index is 2.25. The van der Waals surface area contributed by atoms with E-state index in [9.17, 15) is 13.2 Å². The molecule has 1 amide bonds. The zero-order chi connectivity index (χ0) is 18.4. The average molecular weight is 384 g/mol. The summed E-state index contributed by atoms with van der Waals surface area (Å²) in [6.07, 6.45) is 1.90. The smallest absolute Gasteiger partial charge is 0.255 e. The third-order valence-electron chi connectivity index (χ3n) is 4.57. The van der Waals surface area contributed by atoms with E-state index in [1.165, 1.54) is 12.1 Å². The van der Waals surface area contributed by atoms with Crippen LogP contribution in [0.1, 0.15) is 28.6 Å². The van der Waals surface area contributed by atoms with Gasteiger partial charge in [0.1, 0.15) is 10.7 Å². The molecule has 134 valence electrons. The number of fused-ring (bicyclic) bond motifs is 1. The number of likely N-dealkylation sites (N-methyl/N-ethyl adjacent to an activating group) is 1. The summed E-state index contributed by atoms with van der Waals surface area (Å²) in [6, 6.07) is 6.26. The van der Waals surface area contributed by atoms with Gasteiger partial charge in [0.05, 0.1) is 16.8 Å². The molecule has 1 aromatic heterocycles. The number of carbonyl (C=O) groups excluding carboxylic acids is 1. The van der Waals surface area contributed by atoms with Gasteiger partial charge < -0.3 is 15.1 Å². The predicted molar refractivity (Wildman–Crippen MR) is 92.7 cm³/mol. The Bertz CT molecular complexity index is 927. The average Bonchev–Trinajstić information content (AvgIpc) is 3.12. The van der Waals surface area contributed by atoms with Crippen molar-refractivity contribution < 1.29 is 17.6 Å². The number of nitrogens with zero attached hydrogens (tertiary/aromatic N) is 1. The largest absolute Gasteiger partial charge is 0.469 e. The Morgan fingerprint density at radius 3 is 2.60 bits per heavy atom. The van der Waals surface area contributed by atoms with Crippen LogP contribution in [-0.2, 0) is 22.0 Å². The van der Waals surface area contributed by atoms with Crippen LogP contribution in [0.5, 0.6) is 0 Å². The van der Waals surface area contributed by atoms with Gasteiger partial charge in [-0.2, -0.15) is 0 Å². The van der Waals surface area contributed by atoms with Gasteiger partial charge >= 0.3 is 0 Å². The molecule has 7 nitrogen and oxygen atoms in total. The quantitative estimate of drug-likeness (QED) is 0.809. The minimum absolute atomic E-state index is 0.0377. The van der Waals surface area contributed by atoms with E-state index in [-0.39, 0.29) is 27.9 Å². The van der Waals surface area contributed by atoms with Crippen molar-refractivity contribution in [2.45, 2.75) is 23.8 Å². The molecule has 1 aromatic carbocycles. The number of nitrogens with two attached hydrogens (primary N) is 2. The molecular weight excluding hydrogens is 366 g/mol. The highest BCUT2D eigenvalue weighted by atomic mass is 35.5. The number of halogens is 1. The Kier molecular flexibility index (Phi) is 4.40. The highest BCUT2D eigenvalue weighted by molar-refractivity contribution is 7.89. The second kappa shape index (κ2) is 6.14. The minimum Gasteiger partial charge on any atom is -0.469 e. The van der Waals surface area contributed by atoms with Gasteiger partial charge in [0, 0.05) is 25.1 Å². The number of benzene rings is 1. The van der Waals surface area contributed by atoms with Crippen LogP contribution in [0.15, 0.2) is 39.8 Å². The third-order valence-corrected chi connectivity index (χ3v) is 5.95. The first kappa shape index (κ1) is 17.9. The zero-order valence-electron chi connectivity index (χ0n) is 13.5. The summed E-state index contributed by atoms with van der Waals surface area (Å²) in [5.74, 6) is 0.354. The van der Waals surface area contributed by atoms with Gasteiger partial charge in [0.25, 0.3) is 5.91 Å². The summed E-state index contributed by atoms with van der Waals surface area (Å²) in [5, 5.41) is 5.16. The molecule has 9 heteroatoms. The van der Waals surface area contributed by atoms with Crippen molar-refractivity contribution in [3.63, 3.8) is 0 Å². The molecule has 2 heterocycles. The third kappa shape index (κ3) is 2.75. The Morgan fingerprint density at radius 2 is 2.08 bits per heavy atom. The lowest BCUT2D eigenvalue weighted by molar-refractivity contribution is 0.0567. The second-order valence-corrected chi connectivity index (χ2v) is 7.85. The summed E-state index contributed by atoms with van der Waals surface area (Å²) in [5.41, 5.74) is 6.04. The SMILES string of the molecule is CCN1C(=O)c2cc(S(N)(=O)=O)c(Cl)cc2C1(CN)Cc1ccco1. The summed E-state index contributed by atoms with van der Waals surface area (Å²) in [6.45, 7) is 2.36. The lowest BCUT2D eigenvalue weighted by Crippen LogP contribution is -2.50. The molecule has 2 aromatic rings. The zero-order valence-corrected chi connectivity index (χ0v) is 15.1. The summed E-state index contributed by atoms with van der Waals surface area (Å²) >= 11 is 6.14. The van der Waals surface area contributed by atoms with Crippen molar-refractivity contribution in [3.05, 3.63) is 52.4 Å². The topological polar surface area (TPSA) is 120 Å². The van der Waals surface area contributed by atoms with Crippen molar-refractivity contribution in [3.8, 4) is 0 Å². The van der Waals surface area contributed by atoms with Gasteiger partial charge in [-0.05, 0) is 36.8 Å². The Morgan fingerprint density at radius 1 is 1.36 bits per heavy atom. The number of primary sulfonamides is 1. The van der Waals surface area contributed by atoms with Crippen LogP contribution in [0.25, 0.3) is 0 Å². The van der Waals surface area contributed by atoms with Crippen LogP contribution in [0, 0.1) is 0 Å². The van der Waals surface area contributed by atoms with Gasteiger partial charge in [0.2, 0.25) is 10.0 Å². The minimum atomic E-state index is -4.05. The maximum absolute atomic E-state index is 12.9. The Labute approximate surface area is 150 Å². The summed E-state index contributed by atoms with van der Waals surface area (Å²) < 4.78 is 28.9. The van der Waals surface area contributed by atoms with Crippen molar-refractivity contribution >= 4 is 27.5 Å². The van der Waals surface area contributed by atoms with Crippen molar-refractivity contribution in [2.24, 2.45) is 10.9 Å². The van der Waals surface area contributed by atoms with Crippen LogP contribution in [-0.4, -0.2) is 32.3 Å². The van der Waals surface area contributed by atoms with E-state index >= 15 is 0 Å². The maximum atomic E-state index is 12.9.